The molecule has 4 N–H and O–H groups in total. The van der Waals surface area contributed by atoms with E-state index in [9.17, 15) is 20.4 Å². The van der Waals surface area contributed by atoms with Gasteiger partial charge in [0.1, 0.15) is 30.5 Å². The van der Waals surface area contributed by atoms with E-state index < -0.39 is 37.1 Å². The van der Waals surface area contributed by atoms with Crippen LogP contribution >= 0.6 is 11.6 Å². The molecule has 2 aliphatic rings. The van der Waals surface area contributed by atoms with Crippen molar-refractivity contribution >= 4 is 11.6 Å². The molecule has 2 heterocycles. The molecule has 2 saturated heterocycles. The van der Waals surface area contributed by atoms with Crippen molar-refractivity contribution in [3.8, 4) is 0 Å². The summed E-state index contributed by atoms with van der Waals surface area (Å²) in [5.41, 5.74) is 3.75. The topological polar surface area (TPSA) is 99.4 Å². The van der Waals surface area contributed by atoms with Gasteiger partial charge < -0.3 is 29.9 Å². The Morgan fingerprint density at radius 1 is 0.933 bits per heavy atom. The highest BCUT2D eigenvalue weighted by Crippen LogP contribution is 2.35. The lowest BCUT2D eigenvalue weighted by molar-refractivity contribution is -0.231. The molecule has 6 nitrogen and oxygen atoms in total. The fourth-order valence-corrected chi connectivity index (χ4v) is 4.38. The van der Waals surface area contributed by atoms with Crippen molar-refractivity contribution in [1.29, 1.82) is 0 Å². The highest BCUT2D eigenvalue weighted by Gasteiger charge is 2.44. The first-order valence-electron chi connectivity index (χ1n) is 10.3. The van der Waals surface area contributed by atoms with Gasteiger partial charge in [0.25, 0.3) is 0 Å². The standard InChI is InChI=1S/C23H27ClO6/c24-17-8-7-15(23-22(28)21(27)20(26)19(12-25)30-23)11-16(17)10-13-3-5-14(6-4-13)18-2-1-9-29-18/h3-8,11,18-23,25-28H,1-2,9-10,12H2/t18?,19-,20-,21+,22?,23+/m1/s1. The maximum Gasteiger partial charge on any atom is 0.113 e. The van der Waals surface area contributed by atoms with Crippen LogP contribution in [0.25, 0.3) is 0 Å². The normalized spacial score (nSPS) is 31.8. The molecule has 2 fully saturated rings. The number of rotatable bonds is 5. The van der Waals surface area contributed by atoms with E-state index in [0.717, 1.165) is 30.6 Å². The number of ether oxygens (including phenoxy) is 2. The number of hydrogen-bond acceptors (Lipinski definition) is 6. The first-order chi connectivity index (χ1) is 14.5. The third-order valence-corrected chi connectivity index (χ3v) is 6.34. The van der Waals surface area contributed by atoms with Crippen molar-refractivity contribution < 1.29 is 29.9 Å². The molecule has 4 rings (SSSR count). The Balaban J connectivity index is 1.53. The second-order valence-corrected chi connectivity index (χ2v) is 8.43. The number of aliphatic hydroxyl groups is 4. The van der Waals surface area contributed by atoms with Gasteiger partial charge in [-0.25, -0.2) is 0 Å². The Labute approximate surface area is 180 Å². The smallest absolute Gasteiger partial charge is 0.113 e. The number of hydrogen-bond donors (Lipinski definition) is 4. The van der Waals surface area contributed by atoms with Crippen molar-refractivity contribution in [2.75, 3.05) is 13.2 Å². The van der Waals surface area contributed by atoms with E-state index in [-0.39, 0.29) is 6.10 Å². The van der Waals surface area contributed by atoms with Gasteiger partial charge in [-0.15, -0.1) is 0 Å². The zero-order chi connectivity index (χ0) is 21.3. The second-order valence-electron chi connectivity index (χ2n) is 8.02. The average Bonchev–Trinajstić information content (AvgIpc) is 3.30. The Hall–Kier alpha value is -1.51. The molecular weight excluding hydrogens is 408 g/mol. The number of halogens is 1. The summed E-state index contributed by atoms with van der Waals surface area (Å²) in [6.45, 7) is 0.353. The summed E-state index contributed by atoms with van der Waals surface area (Å²) in [5, 5.41) is 40.5. The molecule has 2 aliphatic heterocycles. The summed E-state index contributed by atoms with van der Waals surface area (Å²) in [6.07, 6.45) is -3.02. The van der Waals surface area contributed by atoms with Crippen molar-refractivity contribution in [2.45, 2.75) is 55.9 Å². The van der Waals surface area contributed by atoms with Gasteiger partial charge in [-0.05, 0) is 47.6 Å². The lowest BCUT2D eigenvalue weighted by atomic mass is 9.90. The molecule has 2 aromatic carbocycles. The monoisotopic (exact) mass is 434 g/mol. The Morgan fingerprint density at radius 3 is 2.33 bits per heavy atom. The van der Waals surface area contributed by atoms with Crippen molar-refractivity contribution in [3.63, 3.8) is 0 Å². The molecule has 0 aliphatic carbocycles. The van der Waals surface area contributed by atoms with E-state index in [1.165, 1.54) is 5.56 Å². The summed E-state index contributed by atoms with van der Waals surface area (Å²) < 4.78 is 11.4. The van der Waals surface area contributed by atoms with E-state index >= 15 is 0 Å². The lowest BCUT2D eigenvalue weighted by Crippen LogP contribution is -2.55. The zero-order valence-electron chi connectivity index (χ0n) is 16.5. The summed E-state index contributed by atoms with van der Waals surface area (Å²) in [4.78, 5) is 0. The van der Waals surface area contributed by atoms with Crippen LogP contribution in [0.3, 0.4) is 0 Å². The van der Waals surface area contributed by atoms with Crippen LogP contribution in [0.1, 0.15) is 47.3 Å². The van der Waals surface area contributed by atoms with Gasteiger partial charge in [0.05, 0.1) is 12.7 Å². The van der Waals surface area contributed by atoms with Crippen LogP contribution in [0, 0.1) is 0 Å². The molecular formula is C23H27ClO6. The SMILES string of the molecule is OC[C@H]1O[C@@H](c2ccc(Cl)c(Cc3ccc(C4CCCO4)cc3)c2)C(O)[C@@H](O)[C@@H]1O. The second kappa shape index (κ2) is 9.32. The molecule has 0 radical (unpaired) electrons. The minimum absolute atomic E-state index is 0.178. The summed E-state index contributed by atoms with van der Waals surface area (Å²) in [7, 11) is 0. The van der Waals surface area contributed by atoms with Crippen LogP contribution in [0.15, 0.2) is 42.5 Å². The van der Waals surface area contributed by atoms with Gasteiger partial charge in [-0.1, -0.05) is 48.0 Å². The molecule has 162 valence electrons. The van der Waals surface area contributed by atoms with Crippen LogP contribution in [-0.4, -0.2) is 58.1 Å². The van der Waals surface area contributed by atoms with Gasteiger partial charge in [0, 0.05) is 11.6 Å². The van der Waals surface area contributed by atoms with E-state index in [1.807, 2.05) is 6.07 Å². The maximum atomic E-state index is 10.4. The van der Waals surface area contributed by atoms with Crippen molar-refractivity contribution in [3.05, 3.63) is 69.7 Å². The highest BCUT2D eigenvalue weighted by molar-refractivity contribution is 6.31. The fraction of sp³-hybridized carbons (Fsp3) is 0.478. The maximum absolute atomic E-state index is 10.4. The predicted molar refractivity (Wildman–Crippen MR) is 111 cm³/mol. The molecule has 0 aromatic heterocycles. The van der Waals surface area contributed by atoms with Crippen LogP contribution in [-0.2, 0) is 15.9 Å². The Kier molecular flexibility index (Phi) is 6.75. The molecule has 6 atom stereocenters. The molecule has 0 bridgehead atoms. The molecule has 30 heavy (non-hydrogen) atoms. The van der Waals surface area contributed by atoms with Crippen molar-refractivity contribution in [2.24, 2.45) is 0 Å². The third-order valence-electron chi connectivity index (χ3n) is 5.97. The minimum atomic E-state index is -1.41. The first kappa shape index (κ1) is 21.7. The summed E-state index contributed by atoms with van der Waals surface area (Å²) in [5.74, 6) is 0. The van der Waals surface area contributed by atoms with E-state index in [0.29, 0.717) is 17.0 Å². The molecule has 2 unspecified atom stereocenters. The molecule has 0 spiro atoms. The van der Waals surface area contributed by atoms with Crippen LogP contribution in [0.4, 0.5) is 0 Å². The van der Waals surface area contributed by atoms with E-state index in [4.69, 9.17) is 21.1 Å². The highest BCUT2D eigenvalue weighted by atomic mass is 35.5. The Bertz CT molecular complexity index is 849. The van der Waals surface area contributed by atoms with Gasteiger partial charge in [0.15, 0.2) is 0 Å². The largest absolute Gasteiger partial charge is 0.394 e. The van der Waals surface area contributed by atoms with Gasteiger partial charge in [0.2, 0.25) is 0 Å². The van der Waals surface area contributed by atoms with Crippen LogP contribution in [0.5, 0.6) is 0 Å². The zero-order valence-corrected chi connectivity index (χ0v) is 17.3. The molecule has 7 heteroatoms. The third kappa shape index (κ3) is 4.41. The van der Waals surface area contributed by atoms with Gasteiger partial charge in [-0.2, -0.15) is 0 Å². The van der Waals surface area contributed by atoms with Crippen molar-refractivity contribution in [1.82, 2.24) is 0 Å². The number of aliphatic hydroxyl groups excluding tert-OH is 4. The lowest BCUT2D eigenvalue weighted by Gasteiger charge is -2.40. The minimum Gasteiger partial charge on any atom is -0.394 e. The van der Waals surface area contributed by atoms with Gasteiger partial charge in [-0.3, -0.25) is 0 Å². The first-order valence-corrected chi connectivity index (χ1v) is 10.6. The molecule has 0 amide bonds. The summed E-state index contributed by atoms with van der Waals surface area (Å²) in [6, 6.07) is 13.6. The summed E-state index contributed by atoms with van der Waals surface area (Å²) >= 11 is 6.41. The van der Waals surface area contributed by atoms with E-state index in [2.05, 4.69) is 24.3 Å². The number of benzene rings is 2. The Morgan fingerprint density at radius 2 is 1.67 bits per heavy atom. The van der Waals surface area contributed by atoms with Gasteiger partial charge >= 0.3 is 0 Å². The molecule has 2 aromatic rings. The molecule has 0 saturated carbocycles. The van der Waals surface area contributed by atoms with Crippen LogP contribution in [0.2, 0.25) is 5.02 Å². The fourth-order valence-electron chi connectivity index (χ4n) is 4.19. The average molecular weight is 435 g/mol. The predicted octanol–water partition coefficient (Wildman–Crippen LogP) is 2.30. The quantitative estimate of drug-likeness (QED) is 0.576. The van der Waals surface area contributed by atoms with Crippen LogP contribution < -0.4 is 0 Å². The van der Waals surface area contributed by atoms with E-state index in [1.54, 1.807) is 12.1 Å².